The molecular formula is C25H22N4O4. The lowest BCUT2D eigenvalue weighted by Crippen LogP contribution is -2.13. The van der Waals surface area contributed by atoms with Crippen LogP contribution in [0.15, 0.2) is 71.1 Å². The van der Waals surface area contributed by atoms with E-state index in [1.807, 2.05) is 31.2 Å². The van der Waals surface area contributed by atoms with Crippen molar-refractivity contribution in [3.05, 3.63) is 77.9 Å². The summed E-state index contributed by atoms with van der Waals surface area (Å²) in [5, 5.41) is 13.7. The second-order valence-corrected chi connectivity index (χ2v) is 7.41. The number of hydrogen-bond acceptors (Lipinski definition) is 6. The summed E-state index contributed by atoms with van der Waals surface area (Å²) in [6, 6.07) is 19.6. The molecule has 4 rings (SSSR count). The summed E-state index contributed by atoms with van der Waals surface area (Å²) in [5.41, 5.74) is 4.07. The molecule has 8 heteroatoms. The molecular weight excluding hydrogens is 420 g/mol. The van der Waals surface area contributed by atoms with Gasteiger partial charge in [-0.05, 0) is 61.5 Å². The topological polar surface area (TPSA) is 106 Å². The fourth-order valence-electron chi connectivity index (χ4n) is 3.28. The van der Waals surface area contributed by atoms with Gasteiger partial charge < -0.3 is 19.8 Å². The lowest BCUT2D eigenvalue weighted by molar-refractivity contribution is -0.114. The van der Waals surface area contributed by atoms with Crippen LogP contribution in [-0.2, 0) is 4.79 Å². The third-order valence-corrected chi connectivity index (χ3v) is 4.85. The number of methoxy groups -OCH3 is 1. The number of benzene rings is 3. The molecule has 0 bridgehead atoms. The van der Waals surface area contributed by atoms with E-state index in [0.717, 1.165) is 11.1 Å². The Labute approximate surface area is 190 Å². The molecule has 1 heterocycles. The number of ether oxygens (including phenoxy) is 1. The Morgan fingerprint density at radius 2 is 1.61 bits per heavy atom. The molecule has 33 heavy (non-hydrogen) atoms. The minimum Gasteiger partial charge on any atom is -0.495 e. The van der Waals surface area contributed by atoms with E-state index in [1.165, 1.54) is 14.0 Å². The van der Waals surface area contributed by atoms with Gasteiger partial charge >= 0.3 is 0 Å². The second kappa shape index (κ2) is 9.35. The van der Waals surface area contributed by atoms with Crippen LogP contribution in [0.2, 0.25) is 0 Å². The highest BCUT2D eigenvalue weighted by Gasteiger charge is 2.14. The van der Waals surface area contributed by atoms with Gasteiger partial charge in [0.25, 0.3) is 5.91 Å². The van der Waals surface area contributed by atoms with Crippen molar-refractivity contribution in [3.63, 3.8) is 0 Å². The van der Waals surface area contributed by atoms with Gasteiger partial charge in [-0.15, -0.1) is 10.2 Å². The summed E-state index contributed by atoms with van der Waals surface area (Å²) < 4.78 is 11.1. The number of nitrogens with zero attached hydrogens (tertiary/aromatic N) is 2. The lowest BCUT2D eigenvalue weighted by Gasteiger charge is -2.12. The maximum absolute atomic E-state index is 12.8. The molecule has 166 valence electrons. The smallest absolute Gasteiger partial charge is 0.255 e. The van der Waals surface area contributed by atoms with Gasteiger partial charge in [0.05, 0.1) is 12.8 Å². The van der Waals surface area contributed by atoms with Crippen LogP contribution >= 0.6 is 0 Å². The first kappa shape index (κ1) is 21.8. The van der Waals surface area contributed by atoms with Gasteiger partial charge in [0.15, 0.2) is 0 Å². The van der Waals surface area contributed by atoms with E-state index in [0.29, 0.717) is 40.0 Å². The summed E-state index contributed by atoms with van der Waals surface area (Å²) in [6.45, 7) is 3.41. The van der Waals surface area contributed by atoms with Crippen molar-refractivity contribution in [3.8, 4) is 28.7 Å². The number of amides is 2. The van der Waals surface area contributed by atoms with Gasteiger partial charge in [-0.3, -0.25) is 9.59 Å². The van der Waals surface area contributed by atoms with E-state index in [2.05, 4.69) is 20.8 Å². The highest BCUT2D eigenvalue weighted by molar-refractivity contribution is 6.05. The van der Waals surface area contributed by atoms with E-state index in [-0.39, 0.29) is 11.8 Å². The molecule has 0 aliphatic heterocycles. The monoisotopic (exact) mass is 442 g/mol. The molecule has 0 atom stereocenters. The van der Waals surface area contributed by atoms with Gasteiger partial charge in [-0.25, -0.2) is 0 Å². The van der Waals surface area contributed by atoms with E-state index in [1.54, 1.807) is 42.5 Å². The zero-order valence-electron chi connectivity index (χ0n) is 18.4. The molecule has 1 aromatic heterocycles. The van der Waals surface area contributed by atoms with Gasteiger partial charge in [0, 0.05) is 29.3 Å². The molecule has 0 spiro atoms. The van der Waals surface area contributed by atoms with Crippen LogP contribution in [0.3, 0.4) is 0 Å². The van der Waals surface area contributed by atoms with Gasteiger partial charge in [0.2, 0.25) is 17.7 Å². The van der Waals surface area contributed by atoms with Crippen molar-refractivity contribution in [2.75, 3.05) is 17.7 Å². The summed E-state index contributed by atoms with van der Waals surface area (Å²) >= 11 is 0. The third kappa shape index (κ3) is 5.07. The normalized spacial score (nSPS) is 10.5. The van der Waals surface area contributed by atoms with Crippen LogP contribution in [-0.4, -0.2) is 29.1 Å². The van der Waals surface area contributed by atoms with Gasteiger partial charge in [0.1, 0.15) is 5.75 Å². The van der Waals surface area contributed by atoms with Crippen molar-refractivity contribution in [2.45, 2.75) is 13.8 Å². The molecule has 0 unspecified atom stereocenters. The summed E-state index contributed by atoms with van der Waals surface area (Å²) in [7, 11) is 1.51. The quantitative estimate of drug-likeness (QED) is 0.438. The van der Waals surface area contributed by atoms with Crippen LogP contribution in [0.25, 0.3) is 22.9 Å². The number of carbonyl (C=O) groups excluding carboxylic acids is 2. The van der Waals surface area contributed by atoms with Gasteiger partial charge in [-0.2, -0.15) is 0 Å². The Kier molecular flexibility index (Phi) is 6.17. The maximum Gasteiger partial charge on any atom is 0.255 e. The maximum atomic E-state index is 12.8. The fraction of sp³-hybridized carbons (Fsp3) is 0.120. The van der Waals surface area contributed by atoms with Crippen LogP contribution in [0, 0.1) is 6.92 Å². The first-order valence-corrected chi connectivity index (χ1v) is 10.2. The van der Waals surface area contributed by atoms with Crippen molar-refractivity contribution < 1.29 is 18.7 Å². The number of aromatic nitrogens is 2. The highest BCUT2D eigenvalue weighted by Crippen LogP contribution is 2.29. The van der Waals surface area contributed by atoms with E-state index in [9.17, 15) is 9.59 Å². The zero-order chi connectivity index (χ0) is 23.4. The molecule has 3 aromatic carbocycles. The van der Waals surface area contributed by atoms with Gasteiger partial charge in [-0.1, -0.05) is 17.7 Å². The molecule has 0 fully saturated rings. The Hall–Kier alpha value is -4.46. The zero-order valence-corrected chi connectivity index (χ0v) is 18.4. The van der Waals surface area contributed by atoms with Crippen LogP contribution in [0.4, 0.5) is 11.4 Å². The molecule has 2 amide bonds. The average Bonchev–Trinajstić information content (AvgIpc) is 3.29. The number of carbonyl (C=O) groups is 2. The van der Waals surface area contributed by atoms with Crippen molar-refractivity contribution in [1.29, 1.82) is 0 Å². The number of nitrogens with one attached hydrogen (secondary N) is 2. The predicted molar refractivity (Wildman–Crippen MR) is 125 cm³/mol. The van der Waals surface area contributed by atoms with E-state index >= 15 is 0 Å². The SMILES string of the molecule is COc1ccc(NC(C)=O)cc1NC(=O)c1ccc(-c2nnc(-c3cccc(C)c3)o2)cc1. The average molecular weight is 442 g/mol. The van der Waals surface area contributed by atoms with Crippen molar-refractivity contribution in [1.82, 2.24) is 10.2 Å². The second-order valence-electron chi connectivity index (χ2n) is 7.41. The Morgan fingerprint density at radius 3 is 2.27 bits per heavy atom. The minimum atomic E-state index is -0.328. The van der Waals surface area contributed by atoms with Crippen molar-refractivity contribution >= 4 is 23.2 Å². The molecule has 0 aliphatic rings. The minimum absolute atomic E-state index is 0.209. The highest BCUT2D eigenvalue weighted by atomic mass is 16.5. The number of aryl methyl sites for hydroxylation is 1. The molecule has 2 N–H and O–H groups in total. The number of anilines is 2. The summed E-state index contributed by atoms with van der Waals surface area (Å²) in [6.07, 6.45) is 0. The third-order valence-electron chi connectivity index (χ3n) is 4.85. The van der Waals surface area contributed by atoms with Crippen molar-refractivity contribution in [2.24, 2.45) is 0 Å². The number of hydrogen-bond donors (Lipinski definition) is 2. The molecule has 0 saturated carbocycles. The standard InChI is InChI=1S/C25H22N4O4/c1-15-5-4-6-19(13-15)25-29-28-24(33-25)18-9-7-17(8-10-18)23(31)27-21-14-20(26-16(2)30)11-12-22(21)32-3/h4-14H,1-3H3,(H,26,30)(H,27,31). The van der Waals surface area contributed by atoms with E-state index in [4.69, 9.17) is 9.15 Å². The first-order valence-electron chi connectivity index (χ1n) is 10.2. The number of rotatable bonds is 6. The Bertz CT molecular complexity index is 1310. The first-order chi connectivity index (χ1) is 15.9. The summed E-state index contributed by atoms with van der Waals surface area (Å²) in [4.78, 5) is 24.1. The molecule has 0 aliphatic carbocycles. The van der Waals surface area contributed by atoms with E-state index < -0.39 is 0 Å². The lowest BCUT2D eigenvalue weighted by atomic mass is 10.1. The largest absolute Gasteiger partial charge is 0.495 e. The Balaban J connectivity index is 1.51. The van der Waals surface area contributed by atoms with Crippen LogP contribution < -0.4 is 15.4 Å². The molecule has 8 nitrogen and oxygen atoms in total. The van der Waals surface area contributed by atoms with Crippen LogP contribution in [0.5, 0.6) is 5.75 Å². The van der Waals surface area contributed by atoms with Crippen LogP contribution in [0.1, 0.15) is 22.8 Å². The fourth-order valence-corrected chi connectivity index (χ4v) is 3.28. The predicted octanol–water partition coefficient (Wildman–Crippen LogP) is 4.93. The Morgan fingerprint density at radius 1 is 0.879 bits per heavy atom. The molecule has 0 radical (unpaired) electrons. The summed E-state index contributed by atoms with van der Waals surface area (Å²) in [5.74, 6) is 0.735. The molecule has 0 saturated heterocycles. The molecule has 4 aromatic rings.